The van der Waals surface area contributed by atoms with Crippen LogP contribution in [0.15, 0.2) is 46.6 Å². The number of non-ortho nitro benzene ring substituents is 1. The van der Waals surface area contributed by atoms with Gasteiger partial charge in [0.2, 0.25) is 0 Å². The number of aliphatic hydroxyl groups is 2. The van der Waals surface area contributed by atoms with Gasteiger partial charge in [0.15, 0.2) is 0 Å². The Kier molecular flexibility index (Phi) is 7.01. The van der Waals surface area contributed by atoms with Crippen LogP contribution in [-0.4, -0.2) is 41.4 Å². The topological polar surface area (TPSA) is 132 Å². The fraction of sp³-hybridized carbons (Fsp3) is 0.294. The van der Waals surface area contributed by atoms with Gasteiger partial charge in [0.1, 0.15) is 0 Å². The molecule has 0 aliphatic rings. The molecule has 0 aliphatic heterocycles. The summed E-state index contributed by atoms with van der Waals surface area (Å²) in [6.45, 7) is 2.62. The van der Waals surface area contributed by atoms with E-state index in [4.69, 9.17) is 10.2 Å². The van der Waals surface area contributed by atoms with Crippen LogP contribution < -0.4 is 10.6 Å². The van der Waals surface area contributed by atoms with Crippen LogP contribution in [0.1, 0.15) is 5.56 Å². The zero-order valence-electron chi connectivity index (χ0n) is 14.3. The van der Waals surface area contributed by atoms with Crippen LogP contribution in [-0.2, 0) is 0 Å². The number of rotatable bonds is 9. The molecule has 0 spiro atoms. The second-order valence-corrected chi connectivity index (χ2v) is 5.41. The fourth-order valence-corrected chi connectivity index (χ4v) is 2.31. The van der Waals surface area contributed by atoms with Crippen LogP contribution in [0.2, 0.25) is 0 Å². The van der Waals surface area contributed by atoms with E-state index < -0.39 is 4.92 Å². The van der Waals surface area contributed by atoms with Crippen LogP contribution in [0.3, 0.4) is 0 Å². The van der Waals surface area contributed by atoms with E-state index in [0.29, 0.717) is 24.5 Å². The maximum atomic E-state index is 10.7. The Morgan fingerprint density at radius 1 is 1.00 bits per heavy atom. The summed E-state index contributed by atoms with van der Waals surface area (Å²) < 4.78 is 0. The van der Waals surface area contributed by atoms with Crippen LogP contribution in [0, 0.1) is 17.0 Å². The Hall–Kier alpha value is -3.04. The third-order valence-electron chi connectivity index (χ3n) is 3.61. The summed E-state index contributed by atoms with van der Waals surface area (Å²) >= 11 is 0. The Bertz CT molecular complexity index is 777. The first-order chi connectivity index (χ1) is 12.6. The molecular formula is C17H21N5O4. The Labute approximate surface area is 150 Å². The van der Waals surface area contributed by atoms with Gasteiger partial charge in [0, 0.05) is 30.8 Å². The van der Waals surface area contributed by atoms with E-state index in [1.807, 2.05) is 13.0 Å². The van der Waals surface area contributed by atoms with Gasteiger partial charge in [-0.3, -0.25) is 10.1 Å². The first-order valence-corrected chi connectivity index (χ1v) is 8.06. The SMILES string of the molecule is Cc1c(N=Nc2ccc([N+](=O)[O-])cc2)ccc(NCCO)c1NCCO. The molecule has 0 aliphatic carbocycles. The van der Waals surface area contributed by atoms with E-state index in [2.05, 4.69) is 20.9 Å². The third-order valence-corrected chi connectivity index (χ3v) is 3.61. The molecule has 9 nitrogen and oxygen atoms in total. The molecule has 0 saturated heterocycles. The fourth-order valence-electron chi connectivity index (χ4n) is 2.31. The van der Waals surface area contributed by atoms with Gasteiger partial charge in [-0.15, -0.1) is 0 Å². The monoisotopic (exact) mass is 359 g/mol. The molecule has 0 amide bonds. The maximum Gasteiger partial charge on any atom is 0.269 e. The number of hydrogen-bond acceptors (Lipinski definition) is 8. The molecule has 138 valence electrons. The quantitative estimate of drug-likeness (QED) is 0.309. The standard InChI is InChI=1S/C17H21N5O4/c1-12-15(21-20-13-2-4-14(5-3-13)22(25)26)6-7-16(18-8-10-23)17(12)19-9-11-24/h2-7,18-19,23-24H,8-11H2,1H3. The Morgan fingerprint density at radius 3 is 2.27 bits per heavy atom. The molecule has 0 fully saturated rings. The number of azo groups is 1. The molecule has 9 heteroatoms. The van der Waals surface area contributed by atoms with Gasteiger partial charge in [0.05, 0.1) is 40.9 Å². The first-order valence-electron chi connectivity index (χ1n) is 8.06. The number of nitrogens with one attached hydrogen (secondary N) is 2. The van der Waals surface area contributed by atoms with Gasteiger partial charge in [-0.2, -0.15) is 10.2 Å². The van der Waals surface area contributed by atoms with Crippen molar-refractivity contribution in [3.8, 4) is 0 Å². The normalized spacial score (nSPS) is 10.9. The van der Waals surface area contributed by atoms with Gasteiger partial charge >= 0.3 is 0 Å². The number of aliphatic hydroxyl groups excluding tert-OH is 2. The molecule has 2 aromatic carbocycles. The molecule has 4 N–H and O–H groups in total. The minimum absolute atomic E-state index is 0.0000906. The number of benzene rings is 2. The van der Waals surface area contributed by atoms with Gasteiger partial charge in [0.25, 0.3) is 5.69 Å². The van der Waals surface area contributed by atoms with E-state index in [-0.39, 0.29) is 18.9 Å². The number of nitro groups is 1. The summed E-state index contributed by atoms with van der Waals surface area (Å²) in [5.41, 5.74) is 3.51. The molecule has 0 radical (unpaired) electrons. The minimum Gasteiger partial charge on any atom is -0.395 e. The van der Waals surface area contributed by atoms with Crippen molar-refractivity contribution >= 4 is 28.4 Å². The smallest absolute Gasteiger partial charge is 0.269 e. The predicted octanol–water partition coefficient (Wildman–Crippen LogP) is 3.13. The van der Waals surface area contributed by atoms with Crippen molar-refractivity contribution in [2.24, 2.45) is 10.2 Å². The van der Waals surface area contributed by atoms with E-state index >= 15 is 0 Å². The first kappa shape index (κ1) is 19.3. The molecular weight excluding hydrogens is 338 g/mol. The summed E-state index contributed by atoms with van der Waals surface area (Å²) in [5, 5.41) is 43.3. The van der Waals surface area contributed by atoms with E-state index in [0.717, 1.165) is 16.9 Å². The van der Waals surface area contributed by atoms with Gasteiger partial charge in [-0.1, -0.05) is 0 Å². The van der Waals surface area contributed by atoms with Crippen molar-refractivity contribution in [3.05, 3.63) is 52.1 Å². The van der Waals surface area contributed by atoms with Crippen LogP contribution in [0.5, 0.6) is 0 Å². The zero-order valence-corrected chi connectivity index (χ0v) is 14.3. The van der Waals surface area contributed by atoms with Crippen molar-refractivity contribution in [3.63, 3.8) is 0 Å². The second-order valence-electron chi connectivity index (χ2n) is 5.41. The van der Waals surface area contributed by atoms with Gasteiger partial charge in [-0.05, 0) is 31.2 Å². The third kappa shape index (κ3) is 4.98. The van der Waals surface area contributed by atoms with Gasteiger partial charge < -0.3 is 20.8 Å². The predicted molar refractivity (Wildman–Crippen MR) is 99.6 cm³/mol. The lowest BCUT2D eigenvalue weighted by molar-refractivity contribution is -0.384. The van der Waals surface area contributed by atoms with Crippen molar-refractivity contribution < 1.29 is 15.1 Å². The van der Waals surface area contributed by atoms with E-state index in [9.17, 15) is 10.1 Å². The summed E-state index contributed by atoms with van der Waals surface area (Å²) in [5.74, 6) is 0. The highest BCUT2D eigenvalue weighted by Crippen LogP contribution is 2.34. The largest absolute Gasteiger partial charge is 0.395 e. The molecule has 2 aromatic rings. The molecule has 0 aromatic heterocycles. The Balaban J connectivity index is 2.26. The molecule has 0 heterocycles. The zero-order chi connectivity index (χ0) is 18.9. The number of anilines is 2. The van der Waals surface area contributed by atoms with Crippen LogP contribution >= 0.6 is 0 Å². The molecule has 0 atom stereocenters. The van der Waals surface area contributed by atoms with Crippen LogP contribution in [0.4, 0.5) is 28.4 Å². The number of nitro benzene ring substituents is 1. The summed E-state index contributed by atoms with van der Waals surface area (Å²) in [4.78, 5) is 10.2. The molecule has 0 saturated carbocycles. The molecule has 0 bridgehead atoms. The summed E-state index contributed by atoms with van der Waals surface area (Å²) in [6.07, 6.45) is 0. The van der Waals surface area contributed by atoms with Crippen molar-refractivity contribution in [1.82, 2.24) is 0 Å². The van der Waals surface area contributed by atoms with E-state index in [1.54, 1.807) is 6.07 Å². The number of hydrogen-bond donors (Lipinski definition) is 4. The highest BCUT2D eigenvalue weighted by Gasteiger charge is 2.10. The lowest BCUT2D eigenvalue weighted by atomic mass is 10.1. The minimum atomic E-state index is -0.470. The van der Waals surface area contributed by atoms with Crippen LogP contribution in [0.25, 0.3) is 0 Å². The Morgan fingerprint density at radius 2 is 1.65 bits per heavy atom. The van der Waals surface area contributed by atoms with E-state index in [1.165, 1.54) is 24.3 Å². The average Bonchev–Trinajstić information content (AvgIpc) is 2.65. The van der Waals surface area contributed by atoms with Gasteiger partial charge in [-0.25, -0.2) is 0 Å². The highest BCUT2D eigenvalue weighted by atomic mass is 16.6. The van der Waals surface area contributed by atoms with Crippen molar-refractivity contribution in [2.45, 2.75) is 6.92 Å². The molecule has 0 unspecified atom stereocenters. The molecule has 2 rings (SSSR count). The molecule has 26 heavy (non-hydrogen) atoms. The highest BCUT2D eigenvalue weighted by molar-refractivity contribution is 5.77. The van der Waals surface area contributed by atoms with Crippen molar-refractivity contribution in [1.29, 1.82) is 0 Å². The maximum absolute atomic E-state index is 10.7. The lowest BCUT2D eigenvalue weighted by Crippen LogP contribution is -2.12. The average molecular weight is 359 g/mol. The lowest BCUT2D eigenvalue weighted by Gasteiger charge is -2.16. The summed E-state index contributed by atoms with van der Waals surface area (Å²) in [7, 11) is 0. The second kappa shape index (κ2) is 9.44. The summed E-state index contributed by atoms with van der Waals surface area (Å²) in [6, 6.07) is 9.40. The van der Waals surface area contributed by atoms with Crippen molar-refractivity contribution in [2.75, 3.05) is 36.9 Å². The number of nitrogens with zero attached hydrogens (tertiary/aromatic N) is 3.